The Labute approximate surface area is 125 Å². The molecule has 1 aromatic carbocycles. The molecule has 0 saturated heterocycles. The van der Waals surface area contributed by atoms with Crippen LogP contribution in [0.1, 0.15) is 18.9 Å². The summed E-state index contributed by atoms with van der Waals surface area (Å²) in [6.07, 6.45) is -5.02. The molecule has 122 valence electrons. The molecule has 0 saturated carbocycles. The molecule has 0 fully saturated rings. The monoisotopic (exact) mass is 318 g/mol. The van der Waals surface area contributed by atoms with Crippen LogP contribution in [0.5, 0.6) is 0 Å². The fourth-order valence-electron chi connectivity index (χ4n) is 1.67. The van der Waals surface area contributed by atoms with Crippen LogP contribution < -0.4 is 5.32 Å². The summed E-state index contributed by atoms with van der Waals surface area (Å²) in [5.41, 5.74) is -1.50. The molecule has 5 nitrogen and oxygen atoms in total. The number of nitrogens with one attached hydrogen (secondary N) is 1. The average molecular weight is 318 g/mol. The molecular weight excluding hydrogens is 301 g/mol. The minimum absolute atomic E-state index is 0.116. The number of amides is 2. The number of carbonyl (C=O) groups excluding carboxylic acids is 2. The molecule has 0 aliphatic heterocycles. The molecule has 2 N–H and O–H groups in total. The van der Waals surface area contributed by atoms with Crippen molar-refractivity contribution in [3.8, 4) is 0 Å². The minimum Gasteiger partial charge on any atom is -0.393 e. The molecular formula is C14H17F3N2O3. The molecule has 1 aromatic rings. The van der Waals surface area contributed by atoms with Crippen molar-refractivity contribution in [2.45, 2.75) is 25.6 Å². The molecule has 1 unspecified atom stereocenters. The van der Waals surface area contributed by atoms with Crippen LogP contribution in [-0.4, -0.2) is 41.5 Å². The number of halogens is 3. The first-order valence-corrected chi connectivity index (χ1v) is 6.53. The summed E-state index contributed by atoms with van der Waals surface area (Å²) < 4.78 is 38.4. The lowest BCUT2D eigenvalue weighted by Gasteiger charge is -2.18. The fraction of sp³-hybridized carbons (Fsp3) is 0.429. The standard InChI is InChI=1S/C14H17F3N2O3/c1-9(20)7-8-19(2)13(22)12(21)18-11-6-4-3-5-10(11)14(15,16)17/h3-6,9,20H,7-8H2,1-2H3,(H,18,21). The second-order valence-corrected chi connectivity index (χ2v) is 4.86. The van der Waals surface area contributed by atoms with E-state index >= 15 is 0 Å². The summed E-state index contributed by atoms with van der Waals surface area (Å²) in [5, 5.41) is 11.1. The van der Waals surface area contributed by atoms with Gasteiger partial charge in [0, 0.05) is 13.6 Å². The molecule has 22 heavy (non-hydrogen) atoms. The number of hydrogen-bond donors (Lipinski definition) is 2. The van der Waals surface area contributed by atoms with Crippen molar-refractivity contribution in [1.29, 1.82) is 0 Å². The van der Waals surface area contributed by atoms with E-state index in [1.807, 2.05) is 5.32 Å². The number of aliphatic hydroxyl groups is 1. The Morgan fingerprint density at radius 1 is 1.32 bits per heavy atom. The van der Waals surface area contributed by atoms with E-state index < -0.39 is 35.3 Å². The van der Waals surface area contributed by atoms with Crippen LogP contribution in [0.4, 0.5) is 18.9 Å². The maximum absolute atomic E-state index is 12.8. The van der Waals surface area contributed by atoms with Crippen LogP contribution in [-0.2, 0) is 15.8 Å². The van der Waals surface area contributed by atoms with Crippen LogP contribution in [0.3, 0.4) is 0 Å². The van der Waals surface area contributed by atoms with Crippen molar-refractivity contribution in [3.05, 3.63) is 29.8 Å². The summed E-state index contributed by atoms with van der Waals surface area (Å²) in [6.45, 7) is 1.64. The van der Waals surface area contributed by atoms with Gasteiger partial charge in [-0.15, -0.1) is 0 Å². The Bertz CT molecular complexity index is 544. The fourth-order valence-corrected chi connectivity index (χ4v) is 1.67. The second-order valence-electron chi connectivity index (χ2n) is 4.86. The number of aliphatic hydroxyl groups excluding tert-OH is 1. The van der Waals surface area contributed by atoms with Gasteiger partial charge in [-0.2, -0.15) is 13.2 Å². The number of hydrogen-bond acceptors (Lipinski definition) is 3. The van der Waals surface area contributed by atoms with Crippen molar-refractivity contribution >= 4 is 17.5 Å². The molecule has 2 amide bonds. The van der Waals surface area contributed by atoms with Crippen molar-refractivity contribution in [2.75, 3.05) is 18.9 Å². The zero-order valence-electron chi connectivity index (χ0n) is 12.1. The number of carbonyl (C=O) groups is 2. The lowest BCUT2D eigenvalue weighted by Crippen LogP contribution is -2.38. The average Bonchev–Trinajstić information content (AvgIpc) is 2.43. The maximum Gasteiger partial charge on any atom is 0.418 e. The smallest absolute Gasteiger partial charge is 0.393 e. The molecule has 0 heterocycles. The van der Waals surface area contributed by atoms with Gasteiger partial charge in [-0.25, -0.2) is 0 Å². The third-order valence-corrected chi connectivity index (χ3v) is 2.90. The lowest BCUT2D eigenvalue weighted by molar-refractivity contribution is -0.142. The van der Waals surface area contributed by atoms with Gasteiger partial charge in [-0.3, -0.25) is 9.59 Å². The van der Waals surface area contributed by atoms with Gasteiger partial charge in [0.15, 0.2) is 0 Å². The van der Waals surface area contributed by atoms with Gasteiger partial charge in [-0.1, -0.05) is 12.1 Å². The third kappa shape index (κ3) is 5.03. The quantitative estimate of drug-likeness (QED) is 0.833. The van der Waals surface area contributed by atoms with E-state index in [4.69, 9.17) is 5.11 Å². The van der Waals surface area contributed by atoms with Gasteiger partial charge in [0.2, 0.25) is 0 Å². The Hall–Kier alpha value is -2.09. The number of alkyl halides is 3. The van der Waals surface area contributed by atoms with Gasteiger partial charge in [-0.05, 0) is 25.5 Å². The highest BCUT2D eigenvalue weighted by molar-refractivity contribution is 6.39. The molecule has 0 spiro atoms. The minimum atomic E-state index is -4.63. The van der Waals surface area contributed by atoms with Gasteiger partial charge >= 0.3 is 18.0 Å². The van der Waals surface area contributed by atoms with Crippen molar-refractivity contribution in [2.24, 2.45) is 0 Å². The normalized spacial score (nSPS) is 12.6. The number of anilines is 1. The Morgan fingerprint density at radius 2 is 1.91 bits per heavy atom. The summed E-state index contributed by atoms with van der Waals surface area (Å²) in [5.74, 6) is -2.14. The molecule has 0 aliphatic rings. The first-order chi connectivity index (χ1) is 10.1. The van der Waals surface area contributed by atoms with Crippen molar-refractivity contribution < 1.29 is 27.9 Å². The summed E-state index contributed by atoms with van der Waals surface area (Å²) in [6, 6.07) is 4.41. The van der Waals surface area contributed by atoms with Crippen LogP contribution in [0.2, 0.25) is 0 Å². The van der Waals surface area contributed by atoms with Crippen LogP contribution in [0.15, 0.2) is 24.3 Å². The van der Waals surface area contributed by atoms with E-state index in [1.54, 1.807) is 0 Å². The number of benzene rings is 1. The highest BCUT2D eigenvalue weighted by atomic mass is 19.4. The van der Waals surface area contributed by atoms with E-state index in [0.29, 0.717) is 0 Å². The Morgan fingerprint density at radius 3 is 2.45 bits per heavy atom. The summed E-state index contributed by atoms with van der Waals surface area (Å²) in [4.78, 5) is 24.6. The zero-order chi connectivity index (χ0) is 16.9. The van der Waals surface area contributed by atoms with Gasteiger partial charge in [0.25, 0.3) is 0 Å². The molecule has 0 aliphatic carbocycles. The highest BCUT2D eigenvalue weighted by Gasteiger charge is 2.34. The summed E-state index contributed by atoms with van der Waals surface area (Å²) in [7, 11) is 1.33. The molecule has 8 heteroatoms. The topological polar surface area (TPSA) is 69.6 Å². The number of likely N-dealkylation sites (N-methyl/N-ethyl adjacent to an activating group) is 1. The van der Waals surface area contributed by atoms with E-state index in [-0.39, 0.29) is 13.0 Å². The summed E-state index contributed by atoms with van der Waals surface area (Å²) >= 11 is 0. The highest BCUT2D eigenvalue weighted by Crippen LogP contribution is 2.34. The van der Waals surface area contributed by atoms with E-state index in [9.17, 15) is 22.8 Å². The molecule has 0 aromatic heterocycles. The van der Waals surface area contributed by atoms with Crippen molar-refractivity contribution in [3.63, 3.8) is 0 Å². The van der Waals surface area contributed by atoms with Gasteiger partial charge in [0.05, 0.1) is 17.4 Å². The predicted octanol–water partition coefficient (Wildman–Crippen LogP) is 1.87. The predicted molar refractivity (Wildman–Crippen MR) is 74.0 cm³/mol. The number of para-hydroxylation sites is 1. The first-order valence-electron chi connectivity index (χ1n) is 6.53. The van der Waals surface area contributed by atoms with E-state index in [2.05, 4.69) is 0 Å². The van der Waals surface area contributed by atoms with E-state index in [1.165, 1.54) is 26.1 Å². The third-order valence-electron chi connectivity index (χ3n) is 2.90. The first kappa shape index (κ1) is 18.0. The second kappa shape index (κ2) is 7.26. The number of rotatable bonds is 4. The number of nitrogens with zero attached hydrogens (tertiary/aromatic N) is 1. The maximum atomic E-state index is 12.8. The molecule has 1 rings (SSSR count). The largest absolute Gasteiger partial charge is 0.418 e. The van der Waals surface area contributed by atoms with Crippen LogP contribution >= 0.6 is 0 Å². The molecule has 0 bridgehead atoms. The molecule has 0 radical (unpaired) electrons. The van der Waals surface area contributed by atoms with Crippen molar-refractivity contribution in [1.82, 2.24) is 4.90 Å². The van der Waals surface area contributed by atoms with E-state index in [0.717, 1.165) is 17.0 Å². The Kier molecular flexibility index (Phi) is 5.92. The Balaban J connectivity index is 2.79. The zero-order valence-corrected chi connectivity index (χ0v) is 12.1. The lowest BCUT2D eigenvalue weighted by atomic mass is 10.1. The molecule has 1 atom stereocenters. The van der Waals surface area contributed by atoms with Crippen LogP contribution in [0.25, 0.3) is 0 Å². The van der Waals surface area contributed by atoms with Crippen LogP contribution in [0, 0.1) is 0 Å². The van der Waals surface area contributed by atoms with Gasteiger partial charge < -0.3 is 15.3 Å². The van der Waals surface area contributed by atoms with Gasteiger partial charge in [0.1, 0.15) is 0 Å². The SMILES string of the molecule is CC(O)CCN(C)C(=O)C(=O)Nc1ccccc1C(F)(F)F.